The molecule has 136 valence electrons. The van der Waals surface area contributed by atoms with Crippen molar-refractivity contribution in [2.45, 2.75) is 26.6 Å². The third-order valence-corrected chi connectivity index (χ3v) is 3.67. The van der Waals surface area contributed by atoms with Crippen molar-refractivity contribution in [3.63, 3.8) is 0 Å². The molecule has 26 heavy (non-hydrogen) atoms. The maximum Gasteiger partial charge on any atom is 0.321 e. The lowest BCUT2D eigenvalue weighted by molar-refractivity contribution is 0.174. The molecule has 0 aliphatic heterocycles. The van der Waals surface area contributed by atoms with Crippen molar-refractivity contribution in [2.24, 2.45) is 0 Å². The number of rotatable bonds is 9. The first-order chi connectivity index (χ1) is 12.8. The molecule has 0 aliphatic rings. The fourth-order valence-corrected chi connectivity index (χ4v) is 2.38. The van der Waals surface area contributed by atoms with Crippen LogP contribution >= 0.6 is 0 Å². The number of ether oxygens (including phenoxy) is 2. The predicted molar refractivity (Wildman–Crippen MR) is 93.3 cm³/mol. The van der Waals surface area contributed by atoms with Gasteiger partial charge in [-0.15, -0.1) is 0 Å². The van der Waals surface area contributed by atoms with Gasteiger partial charge in [0.1, 0.15) is 12.4 Å². The minimum atomic E-state index is 0.332. The first-order valence-electron chi connectivity index (χ1n) is 8.33. The standard InChI is InChI=1S/C18H21N5O3/c1-3-23(12-17-21-16(13-24-2)22-26-17)11-14-5-7-15(8-6-14)25-18-19-9-4-10-20-18/h4-10H,3,11-13H2,1-2H3. The van der Waals surface area contributed by atoms with Crippen LogP contribution in [-0.4, -0.2) is 38.7 Å². The van der Waals surface area contributed by atoms with Crippen LogP contribution in [0.2, 0.25) is 0 Å². The molecule has 3 rings (SSSR count). The summed E-state index contributed by atoms with van der Waals surface area (Å²) in [4.78, 5) is 14.6. The molecule has 0 N–H and O–H groups in total. The number of hydrogen-bond donors (Lipinski definition) is 0. The van der Waals surface area contributed by atoms with Gasteiger partial charge in [0.15, 0.2) is 5.82 Å². The van der Waals surface area contributed by atoms with Crippen LogP contribution in [0.5, 0.6) is 11.8 Å². The zero-order chi connectivity index (χ0) is 18.2. The number of nitrogens with zero attached hydrogens (tertiary/aromatic N) is 5. The molecular weight excluding hydrogens is 334 g/mol. The quantitative estimate of drug-likeness (QED) is 0.579. The van der Waals surface area contributed by atoms with E-state index in [1.165, 1.54) is 0 Å². The van der Waals surface area contributed by atoms with Crippen molar-refractivity contribution in [3.8, 4) is 11.8 Å². The van der Waals surface area contributed by atoms with Crippen molar-refractivity contribution in [1.29, 1.82) is 0 Å². The molecule has 2 aromatic heterocycles. The number of methoxy groups -OCH3 is 1. The van der Waals surface area contributed by atoms with Crippen LogP contribution in [-0.2, 0) is 24.4 Å². The first kappa shape index (κ1) is 18.0. The Morgan fingerprint density at radius 2 is 1.85 bits per heavy atom. The normalized spacial score (nSPS) is 11.0. The number of hydrogen-bond acceptors (Lipinski definition) is 8. The summed E-state index contributed by atoms with van der Waals surface area (Å²) in [5.41, 5.74) is 1.16. The van der Waals surface area contributed by atoms with Gasteiger partial charge in [0.05, 0.1) is 6.54 Å². The van der Waals surface area contributed by atoms with Crippen LogP contribution in [0, 0.1) is 0 Å². The summed E-state index contributed by atoms with van der Waals surface area (Å²) in [7, 11) is 1.60. The highest BCUT2D eigenvalue weighted by Gasteiger charge is 2.11. The summed E-state index contributed by atoms with van der Waals surface area (Å²) in [6.45, 7) is 4.65. The summed E-state index contributed by atoms with van der Waals surface area (Å²) in [5, 5.41) is 3.89. The largest absolute Gasteiger partial charge is 0.424 e. The van der Waals surface area contributed by atoms with Crippen LogP contribution in [0.1, 0.15) is 24.2 Å². The Labute approximate surface area is 151 Å². The minimum absolute atomic E-state index is 0.332. The van der Waals surface area contributed by atoms with E-state index in [4.69, 9.17) is 14.0 Å². The molecule has 8 nitrogen and oxygen atoms in total. The average Bonchev–Trinajstić information content (AvgIpc) is 3.11. The second-order valence-electron chi connectivity index (χ2n) is 5.62. The second kappa shape index (κ2) is 9.02. The van der Waals surface area contributed by atoms with Crippen LogP contribution in [0.15, 0.2) is 47.2 Å². The lowest BCUT2D eigenvalue weighted by Gasteiger charge is -2.18. The smallest absolute Gasteiger partial charge is 0.321 e. The SMILES string of the molecule is CCN(Cc1ccc(Oc2ncccn2)cc1)Cc1nc(COC)no1. The number of aromatic nitrogens is 4. The van der Waals surface area contributed by atoms with Crippen molar-refractivity contribution >= 4 is 0 Å². The third-order valence-electron chi connectivity index (χ3n) is 3.67. The van der Waals surface area contributed by atoms with Gasteiger partial charge >= 0.3 is 6.01 Å². The molecule has 0 bridgehead atoms. The Balaban J connectivity index is 1.57. The van der Waals surface area contributed by atoms with Gasteiger partial charge < -0.3 is 14.0 Å². The Bertz CT molecular complexity index is 792. The highest BCUT2D eigenvalue weighted by molar-refractivity contribution is 5.29. The molecule has 8 heteroatoms. The zero-order valence-electron chi connectivity index (χ0n) is 14.8. The van der Waals surface area contributed by atoms with E-state index in [1.807, 2.05) is 24.3 Å². The van der Waals surface area contributed by atoms with Gasteiger partial charge in [-0.3, -0.25) is 4.90 Å². The van der Waals surface area contributed by atoms with Gasteiger partial charge in [0.2, 0.25) is 5.89 Å². The number of benzene rings is 1. The van der Waals surface area contributed by atoms with Crippen LogP contribution in [0.4, 0.5) is 0 Å². The molecule has 0 atom stereocenters. The summed E-state index contributed by atoms with van der Waals surface area (Å²) in [5.74, 6) is 1.84. The molecule has 0 fully saturated rings. The highest BCUT2D eigenvalue weighted by atomic mass is 16.5. The van der Waals surface area contributed by atoms with E-state index in [9.17, 15) is 0 Å². The average molecular weight is 355 g/mol. The molecular formula is C18H21N5O3. The zero-order valence-corrected chi connectivity index (χ0v) is 14.8. The summed E-state index contributed by atoms with van der Waals surface area (Å²) < 4.78 is 15.9. The van der Waals surface area contributed by atoms with Gasteiger partial charge in [-0.1, -0.05) is 24.2 Å². The van der Waals surface area contributed by atoms with Gasteiger partial charge in [-0.2, -0.15) is 4.98 Å². The topological polar surface area (TPSA) is 86.4 Å². The first-order valence-corrected chi connectivity index (χ1v) is 8.33. The van der Waals surface area contributed by atoms with Crippen LogP contribution in [0.3, 0.4) is 0 Å². The molecule has 0 saturated carbocycles. The Hall–Kier alpha value is -2.84. The second-order valence-corrected chi connectivity index (χ2v) is 5.62. The van der Waals surface area contributed by atoms with E-state index < -0.39 is 0 Å². The van der Waals surface area contributed by atoms with Crippen molar-refractivity contribution in [3.05, 3.63) is 60.0 Å². The van der Waals surface area contributed by atoms with Crippen molar-refractivity contribution in [1.82, 2.24) is 25.0 Å². The molecule has 0 radical (unpaired) electrons. The maximum absolute atomic E-state index is 5.61. The molecule has 2 heterocycles. The molecule has 0 saturated heterocycles. The summed E-state index contributed by atoms with van der Waals surface area (Å²) >= 11 is 0. The molecule has 0 amide bonds. The summed E-state index contributed by atoms with van der Waals surface area (Å²) in [6.07, 6.45) is 3.29. The molecule has 0 aliphatic carbocycles. The van der Waals surface area contributed by atoms with Gasteiger partial charge in [-0.05, 0) is 30.3 Å². The molecule has 0 unspecified atom stereocenters. The van der Waals surface area contributed by atoms with Gasteiger partial charge in [0, 0.05) is 26.0 Å². The molecule has 1 aromatic carbocycles. The lowest BCUT2D eigenvalue weighted by atomic mass is 10.2. The Kier molecular flexibility index (Phi) is 6.24. The van der Waals surface area contributed by atoms with E-state index in [2.05, 4.69) is 31.9 Å². The molecule has 3 aromatic rings. The van der Waals surface area contributed by atoms with E-state index >= 15 is 0 Å². The Morgan fingerprint density at radius 3 is 2.54 bits per heavy atom. The fraction of sp³-hybridized carbons (Fsp3) is 0.333. The van der Waals surface area contributed by atoms with E-state index in [-0.39, 0.29) is 0 Å². The van der Waals surface area contributed by atoms with E-state index in [0.29, 0.717) is 36.6 Å². The predicted octanol–water partition coefficient (Wildman–Crippen LogP) is 2.82. The van der Waals surface area contributed by atoms with Crippen LogP contribution in [0.25, 0.3) is 0 Å². The van der Waals surface area contributed by atoms with E-state index in [1.54, 1.807) is 25.6 Å². The van der Waals surface area contributed by atoms with Gasteiger partial charge in [0.25, 0.3) is 0 Å². The lowest BCUT2D eigenvalue weighted by Crippen LogP contribution is -2.22. The molecule has 0 spiro atoms. The highest BCUT2D eigenvalue weighted by Crippen LogP contribution is 2.18. The third kappa shape index (κ3) is 5.08. The van der Waals surface area contributed by atoms with Crippen molar-refractivity contribution in [2.75, 3.05) is 13.7 Å². The summed E-state index contributed by atoms with van der Waals surface area (Å²) in [6, 6.07) is 9.93. The Morgan fingerprint density at radius 1 is 1.08 bits per heavy atom. The van der Waals surface area contributed by atoms with E-state index in [0.717, 1.165) is 18.7 Å². The maximum atomic E-state index is 5.61. The van der Waals surface area contributed by atoms with Gasteiger partial charge in [-0.25, -0.2) is 9.97 Å². The minimum Gasteiger partial charge on any atom is -0.424 e. The van der Waals surface area contributed by atoms with Crippen molar-refractivity contribution < 1.29 is 14.0 Å². The van der Waals surface area contributed by atoms with Crippen LogP contribution < -0.4 is 4.74 Å². The fourth-order valence-electron chi connectivity index (χ4n) is 2.38. The monoisotopic (exact) mass is 355 g/mol.